The molecule has 0 bridgehead atoms. The van der Waals surface area contributed by atoms with Crippen LogP contribution in [0.4, 0.5) is 9.18 Å². The van der Waals surface area contributed by atoms with E-state index in [1.165, 1.54) is 17.7 Å². The average Bonchev–Trinajstić information content (AvgIpc) is 3.35. The highest BCUT2D eigenvalue weighted by Gasteiger charge is 2.30. The number of nitrogens with one attached hydrogen (secondary N) is 2. The van der Waals surface area contributed by atoms with Gasteiger partial charge in [0, 0.05) is 30.5 Å². The van der Waals surface area contributed by atoms with Gasteiger partial charge in [0.15, 0.2) is 5.58 Å². The second-order valence-electron chi connectivity index (χ2n) is 7.67. The third-order valence-corrected chi connectivity index (χ3v) is 5.97. The van der Waals surface area contributed by atoms with E-state index in [1.807, 2.05) is 11.1 Å². The zero-order valence-corrected chi connectivity index (χ0v) is 15.4. The summed E-state index contributed by atoms with van der Waals surface area (Å²) in [6, 6.07) is 4.49. The van der Waals surface area contributed by atoms with Crippen LogP contribution in [0.1, 0.15) is 54.6 Å². The van der Waals surface area contributed by atoms with Crippen LogP contribution in [0.2, 0.25) is 0 Å². The van der Waals surface area contributed by atoms with Crippen molar-refractivity contribution in [2.24, 2.45) is 0 Å². The van der Waals surface area contributed by atoms with E-state index in [1.54, 1.807) is 6.07 Å². The fourth-order valence-electron chi connectivity index (χ4n) is 4.43. The van der Waals surface area contributed by atoms with Crippen LogP contribution in [0.25, 0.3) is 11.0 Å². The standard InChI is InChI=1S/C20H22FN5O2/c21-14-4-5-15-17(10-14)28-25-18(15)12-6-8-26(9-7-12)20(27)23-16-3-1-2-13-11-22-24-19(13)16/h4-5,10-12,16H,1-3,6-9H2,(H,22,24)(H,23,27). The summed E-state index contributed by atoms with van der Waals surface area (Å²) in [5.41, 5.74) is 3.58. The summed E-state index contributed by atoms with van der Waals surface area (Å²) >= 11 is 0. The van der Waals surface area contributed by atoms with Crippen LogP contribution in [0.5, 0.6) is 0 Å². The van der Waals surface area contributed by atoms with Crippen molar-refractivity contribution in [3.63, 3.8) is 0 Å². The number of aromatic nitrogens is 3. The van der Waals surface area contributed by atoms with Gasteiger partial charge in [0.05, 0.1) is 23.6 Å². The van der Waals surface area contributed by atoms with Crippen LogP contribution in [0.15, 0.2) is 28.9 Å². The summed E-state index contributed by atoms with van der Waals surface area (Å²) in [7, 11) is 0. The molecule has 1 saturated heterocycles. The number of fused-ring (bicyclic) bond motifs is 2. The van der Waals surface area contributed by atoms with Crippen molar-refractivity contribution in [2.45, 2.75) is 44.1 Å². The summed E-state index contributed by atoms with van der Waals surface area (Å²) in [6.45, 7) is 1.32. The van der Waals surface area contributed by atoms with E-state index < -0.39 is 0 Å². The first-order valence-electron chi connectivity index (χ1n) is 9.81. The zero-order chi connectivity index (χ0) is 19.1. The van der Waals surface area contributed by atoms with Crippen molar-refractivity contribution in [3.8, 4) is 0 Å². The number of amides is 2. The maximum Gasteiger partial charge on any atom is 0.317 e. The molecular weight excluding hydrogens is 361 g/mol. The number of rotatable bonds is 2. The fourth-order valence-corrected chi connectivity index (χ4v) is 4.43. The average molecular weight is 383 g/mol. The van der Waals surface area contributed by atoms with Crippen LogP contribution < -0.4 is 5.32 Å². The summed E-state index contributed by atoms with van der Waals surface area (Å²) in [5.74, 6) is -0.116. The van der Waals surface area contributed by atoms with Crippen molar-refractivity contribution in [3.05, 3.63) is 47.2 Å². The SMILES string of the molecule is O=C(NC1CCCc2cn[nH]c21)N1CCC(c2noc3cc(F)ccc23)CC1. The zero-order valence-electron chi connectivity index (χ0n) is 15.4. The Morgan fingerprint density at radius 2 is 2.14 bits per heavy atom. The smallest absolute Gasteiger partial charge is 0.317 e. The van der Waals surface area contributed by atoms with E-state index in [0.29, 0.717) is 18.7 Å². The Kier molecular flexibility index (Phi) is 4.26. The second-order valence-corrected chi connectivity index (χ2v) is 7.67. The van der Waals surface area contributed by atoms with Gasteiger partial charge in [-0.05, 0) is 49.8 Å². The monoisotopic (exact) mass is 383 g/mol. The molecule has 3 heterocycles. The minimum atomic E-state index is -0.329. The van der Waals surface area contributed by atoms with E-state index in [0.717, 1.165) is 48.9 Å². The van der Waals surface area contributed by atoms with Gasteiger partial charge >= 0.3 is 6.03 Å². The molecule has 0 radical (unpaired) electrons. The van der Waals surface area contributed by atoms with Crippen molar-refractivity contribution in [1.29, 1.82) is 0 Å². The number of halogens is 1. The Hall–Kier alpha value is -2.90. The highest BCUT2D eigenvalue weighted by molar-refractivity contribution is 5.80. The Morgan fingerprint density at radius 3 is 3.00 bits per heavy atom. The molecule has 3 aromatic rings. The molecule has 0 saturated carbocycles. The van der Waals surface area contributed by atoms with Crippen LogP contribution >= 0.6 is 0 Å². The molecule has 1 unspecified atom stereocenters. The Balaban J connectivity index is 1.23. The molecule has 2 N–H and O–H groups in total. The van der Waals surface area contributed by atoms with Crippen LogP contribution in [0.3, 0.4) is 0 Å². The van der Waals surface area contributed by atoms with Crippen LogP contribution in [0, 0.1) is 5.82 Å². The molecular formula is C20H22FN5O2. The number of hydrogen-bond donors (Lipinski definition) is 2. The highest BCUT2D eigenvalue weighted by Crippen LogP contribution is 2.33. The lowest BCUT2D eigenvalue weighted by atomic mass is 9.91. The van der Waals surface area contributed by atoms with Gasteiger partial charge < -0.3 is 14.7 Å². The number of piperidine rings is 1. The number of carbonyl (C=O) groups excluding carboxylic acids is 1. The van der Waals surface area contributed by atoms with Gasteiger partial charge in [0.25, 0.3) is 0 Å². The normalized spacial score (nSPS) is 20.3. The Labute approximate surface area is 161 Å². The van der Waals surface area contributed by atoms with Crippen molar-refractivity contribution >= 4 is 17.0 Å². The van der Waals surface area contributed by atoms with Gasteiger partial charge in [-0.3, -0.25) is 5.10 Å². The van der Waals surface area contributed by atoms with Crippen molar-refractivity contribution in [1.82, 2.24) is 25.6 Å². The largest absolute Gasteiger partial charge is 0.356 e. The quantitative estimate of drug-likeness (QED) is 0.707. The Bertz CT molecular complexity index is 1010. The summed E-state index contributed by atoms with van der Waals surface area (Å²) in [5, 5.41) is 15.3. The molecule has 1 aromatic carbocycles. The molecule has 2 amide bonds. The summed E-state index contributed by atoms with van der Waals surface area (Å²) < 4.78 is 18.6. The molecule has 1 atom stereocenters. The Morgan fingerprint density at radius 1 is 1.29 bits per heavy atom. The van der Waals surface area contributed by atoms with E-state index in [-0.39, 0.29) is 23.8 Å². The van der Waals surface area contributed by atoms with Gasteiger partial charge in [0.2, 0.25) is 0 Å². The summed E-state index contributed by atoms with van der Waals surface area (Å²) in [6.07, 6.45) is 6.48. The first-order valence-corrected chi connectivity index (χ1v) is 9.81. The number of H-pyrrole nitrogens is 1. The molecule has 8 heteroatoms. The molecule has 0 spiro atoms. The highest BCUT2D eigenvalue weighted by atomic mass is 19.1. The predicted octanol–water partition coefficient (Wildman–Crippen LogP) is 3.66. The number of aromatic amines is 1. The number of aryl methyl sites for hydroxylation is 1. The number of likely N-dealkylation sites (tertiary alicyclic amines) is 1. The minimum Gasteiger partial charge on any atom is -0.356 e. The van der Waals surface area contributed by atoms with Crippen molar-refractivity contribution < 1.29 is 13.7 Å². The fraction of sp³-hybridized carbons (Fsp3) is 0.450. The number of urea groups is 1. The summed E-state index contributed by atoms with van der Waals surface area (Å²) in [4.78, 5) is 14.6. The van der Waals surface area contributed by atoms with Gasteiger partial charge in [-0.2, -0.15) is 5.10 Å². The molecule has 5 rings (SSSR count). The van der Waals surface area contributed by atoms with Gasteiger partial charge in [-0.15, -0.1) is 0 Å². The predicted molar refractivity (Wildman–Crippen MR) is 100 cm³/mol. The topological polar surface area (TPSA) is 87.0 Å². The molecule has 146 valence electrons. The maximum absolute atomic E-state index is 13.3. The third kappa shape index (κ3) is 3.02. The lowest BCUT2D eigenvalue weighted by Crippen LogP contribution is -2.45. The molecule has 2 aliphatic rings. The number of nitrogens with zero attached hydrogens (tertiary/aromatic N) is 3. The van der Waals surface area contributed by atoms with Crippen LogP contribution in [-0.4, -0.2) is 39.4 Å². The molecule has 2 aromatic heterocycles. The van der Waals surface area contributed by atoms with E-state index in [2.05, 4.69) is 20.7 Å². The first kappa shape index (κ1) is 17.2. The second kappa shape index (κ2) is 6.92. The number of benzene rings is 1. The first-order chi connectivity index (χ1) is 13.7. The van der Waals surface area contributed by atoms with Gasteiger partial charge in [-0.1, -0.05) is 5.16 Å². The lowest BCUT2D eigenvalue weighted by Gasteiger charge is -2.33. The third-order valence-electron chi connectivity index (χ3n) is 5.97. The maximum atomic E-state index is 13.3. The molecule has 7 nitrogen and oxygen atoms in total. The lowest BCUT2D eigenvalue weighted by molar-refractivity contribution is 0.175. The van der Waals surface area contributed by atoms with E-state index >= 15 is 0 Å². The van der Waals surface area contributed by atoms with Crippen LogP contribution in [-0.2, 0) is 6.42 Å². The number of carbonyl (C=O) groups is 1. The molecule has 1 aliphatic carbocycles. The van der Waals surface area contributed by atoms with Crippen molar-refractivity contribution in [2.75, 3.05) is 13.1 Å². The van der Waals surface area contributed by atoms with Gasteiger partial charge in [-0.25, -0.2) is 9.18 Å². The van der Waals surface area contributed by atoms with E-state index in [9.17, 15) is 9.18 Å². The minimum absolute atomic E-state index is 0.00542. The van der Waals surface area contributed by atoms with Gasteiger partial charge in [0.1, 0.15) is 5.82 Å². The molecule has 28 heavy (non-hydrogen) atoms. The molecule has 1 aliphatic heterocycles. The molecule has 1 fully saturated rings. The van der Waals surface area contributed by atoms with E-state index in [4.69, 9.17) is 4.52 Å². The number of hydrogen-bond acceptors (Lipinski definition) is 4.